The Bertz CT molecular complexity index is 169. The number of hydrogen-bond acceptors (Lipinski definition) is 2. The molecule has 13 heavy (non-hydrogen) atoms. The van der Waals surface area contributed by atoms with Gasteiger partial charge in [-0.15, -0.1) is 6.58 Å². The number of carbonyl (C=O) groups is 1. The summed E-state index contributed by atoms with van der Waals surface area (Å²) in [7, 11) is 0. The van der Waals surface area contributed by atoms with E-state index in [4.69, 9.17) is 4.74 Å². The molecule has 1 fully saturated rings. The summed E-state index contributed by atoms with van der Waals surface area (Å²) in [4.78, 5) is 11.2. The largest absolute Gasteiger partial charge is 0.462 e. The molecule has 0 radical (unpaired) electrons. The third kappa shape index (κ3) is 4.11. The number of esters is 1. The molecule has 0 N–H and O–H groups in total. The Balaban J connectivity index is 2.05. The van der Waals surface area contributed by atoms with Crippen LogP contribution in [0.2, 0.25) is 0 Å². The molecule has 0 spiro atoms. The Kier molecular flexibility index (Phi) is 4.58. The molecule has 0 heterocycles. The third-order valence-electron chi connectivity index (χ3n) is 2.39. The second kappa shape index (κ2) is 5.79. The van der Waals surface area contributed by atoms with Crippen molar-refractivity contribution in [3.8, 4) is 0 Å². The lowest BCUT2D eigenvalue weighted by Crippen LogP contribution is -2.14. The van der Waals surface area contributed by atoms with Crippen molar-refractivity contribution in [2.75, 3.05) is 0 Å². The Morgan fingerprint density at radius 1 is 1.46 bits per heavy atom. The molecule has 1 aliphatic rings. The van der Waals surface area contributed by atoms with Gasteiger partial charge in [0.2, 0.25) is 0 Å². The van der Waals surface area contributed by atoms with E-state index in [1.165, 1.54) is 12.8 Å². The van der Waals surface area contributed by atoms with E-state index in [1.54, 1.807) is 0 Å². The fraction of sp³-hybridized carbons (Fsp3) is 0.727. The zero-order chi connectivity index (χ0) is 9.52. The van der Waals surface area contributed by atoms with Gasteiger partial charge in [-0.25, -0.2) is 0 Å². The molecule has 1 aliphatic carbocycles. The van der Waals surface area contributed by atoms with Gasteiger partial charge in [0.15, 0.2) is 0 Å². The first-order valence-corrected chi connectivity index (χ1v) is 5.13. The van der Waals surface area contributed by atoms with Crippen LogP contribution < -0.4 is 0 Å². The molecule has 2 heteroatoms. The fourth-order valence-electron chi connectivity index (χ4n) is 1.64. The van der Waals surface area contributed by atoms with Gasteiger partial charge in [0.25, 0.3) is 0 Å². The normalized spacial score (nSPS) is 17.2. The van der Waals surface area contributed by atoms with Gasteiger partial charge < -0.3 is 4.74 Å². The summed E-state index contributed by atoms with van der Waals surface area (Å²) in [6, 6.07) is 0. The van der Waals surface area contributed by atoms with Crippen LogP contribution in [-0.4, -0.2) is 12.1 Å². The van der Waals surface area contributed by atoms with Crippen molar-refractivity contribution in [2.24, 2.45) is 0 Å². The third-order valence-corrected chi connectivity index (χ3v) is 2.39. The highest BCUT2D eigenvalue weighted by Crippen LogP contribution is 2.21. The second-order valence-corrected chi connectivity index (χ2v) is 3.58. The Morgan fingerprint density at radius 3 is 2.77 bits per heavy atom. The first-order chi connectivity index (χ1) is 6.33. The summed E-state index contributed by atoms with van der Waals surface area (Å²) < 4.78 is 5.28. The number of carbonyl (C=O) groups excluding carboxylic acids is 1. The van der Waals surface area contributed by atoms with Crippen LogP contribution in [0.4, 0.5) is 0 Å². The predicted octanol–water partition coefficient (Wildman–Crippen LogP) is 2.83. The Hall–Kier alpha value is -0.790. The van der Waals surface area contributed by atoms with Crippen LogP contribution in [0, 0.1) is 0 Å². The maximum Gasteiger partial charge on any atom is 0.306 e. The van der Waals surface area contributed by atoms with E-state index in [2.05, 4.69) is 6.58 Å². The minimum Gasteiger partial charge on any atom is -0.462 e. The lowest BCUT2D eigenvalue weighted by molar-refractivity contribution is -0.148. The maximum atomic E-state index is 11.2. The molecule has 0 aromatic rings. The van der Waals surface area contributed by atoms with Gasteiger partial charge in [-0.2, -0.15) is 0 Å². The molecule has 0 amide bonds. The minimum absolute atomic E-state index is 0.0336. The lowest BCUT2D eigenvalue weighted by atomic mass is 10.2. The van der Waals surface area contributed by atoms with Crippen LogP contribution in [0.1, 0.15) is 44.9 Å². The summed E-state index contributed by atoms with van der Waals surface area (Å²) >= 11 is 0. The quantitative estimate of drug-likeness (QED) is 0.371. The second-order valence-electron chi connectivity index (χ2n) is 3.58. The molecule has 74 valence electrons. The number of rotatable bonds is 5. The highest BCUT2D eigenvalue weighted by molar-refractivity contribution is 5.69. The van der Waals surface area contributed by atoms with E-state index in [0.29, 0.717) is 6.42 Å². The van der Waals surface area contributed by atoms with E-state index in [9.17, 15) is 4.79 Å². The van der Waals surface area contributed by atoms with Crippen molar-refractivity contribution in [1.29, 1.82) is 0 Å². The van der Waals surface area contributed by atoms with Crippen LogP contribution in [0.5, 0.6) is 0 Å². The molecular weight excluding hydrogens is 164 g/mol. The summed E-state index contributed by atoms with van der Waals surface area (Å²) in [6.45, 7) is 3.61. The summed E-state index contributed by atoms with van der Waals surface area (Å²) in [6.07, 6.45) is 8.92. The van der Waals surface area contributed by atoms with Crippen molar-refractivity contribution in [3.05, 3.63) is 12.7 Å². The molecule has 1 rings (SSSR count). The van der Waals surface area contributed by atoms with Crippen molar-refractivity contribution in [3.63, 3.8) is 0 Å². The smallest absolute Gasteiger partial charge is 0.306 e. The van der Waals surface area contributed by atoms with Crippen molar-refractivity contribution < 1.29 is 9.53 Å². The molecule has 2 nitrogen and oxygen atoms in total. The monoisotopic (exact) mass is 182 g/mol. The van der Waals surface area contributed by atoms with Crippen molar-refractivity contribution in [1.82, 2.24) is 0 Å². The van der Waals surface area contributed by atoms with E-state index in [0.717, 1.165) is 25.7 Å². The standard InChI is InChI=1S/C11H18O2/c1-2-3-4-9-11(12)13-10-7-5-6-8-10/h2,10H,1,3-9H2. The van der Waals surface area contributed by atoms with Gasteiger partial charge in [-0.3, -0.25) is 4.79 Å². The van der Waals surface area contributed by atoms with Gasteiger partial charge in [0, 0.05) is 6.42 Å². The van der Waals surface area contributed by atoms with E-state index >= 15 is 0 Å². The highest BCUT2D eigenvalue weighted by Gasteiger charge is 2.18. The van der Waals surface area contributed by atoms with E-state index < -0.39 is 0 Å². The first kappa shape index (κ1) is 10.3. The van der Waals surface area contributed by atoms with Crippen LogP contribution in [0.25, 0.3) is 0 Å². The zero-order valence-electron chi connectivity index (χ0n) is 8.13. The van der Waals surface area contributed by atoms with Crippen LogP contribution in [0.15, 0.2) is 12.7 Å². The predicted molar refractivity (Wildman–Crippen MR) is 52.4 cm³/mol. The first-order valence-electron chi connectivity index (χ1n) is 5.13. The molecule has 1 saturated carbocycles. The Morgan fingerprint density at radius 2 is 2.15 bits per heavy atom. The van der Waals surface area contributed by atoms with Gasteiger partial charge in [0.05, 0.1) is 0 Å². The topological polar surface area (TPSA) is 26.3 Å². The SMILES string of the molecule is C=CCCCC(=O)OC1CCCC1. The number of allylic oxidation sites excluding steroid dienone is 1. The van der Waals surface area contributed by atoms with Gasteiger partial charge >= 0.3 is 5.97 Å². The average molecular weight is 182 g/mol. The summed E-state index contributed by atoms with van der Waals surface area (Å²) in [5.74, 6) is -0.0336. The molecule has 0 bridgehead atoms. The number of hydrogen-bond donors (Lipinski definition) is 0. The highest BCUT2D eigenvalue weighted by atomic mass is 16.5. The Labute approximate surface area is 80.0 Å². The van der Waals surface area contributed by atoms with Crippen LogP contribution in [0.3, 0.4) is 0 Å². The fourth-order valence-corrected chi connectivity index (χ4v) is 1.64. The van der Waals surface area contributed by atoms with Gasteiger partial charge in [-0.05, 0) is 38.5 Å². The van der Waals surface area contributed by atoms with E-state index in [1.807, 2.05) is 6.08 Å². The van der Waals surface area contributed by atoms with Gasteiger partial charge in [0.1, 0.15) is 6.10 Å². The van der Waals surface area contributed by atoms with E-state index in [-0.39, 0.29) is 12.1 Å². The lowest BCUT2D eigenvalue weighted by Gasteiger charge is -2.10. The maximum absolute atomic E-state index is 11.2. The van der Waals surface area contributed by atoms with Crippen LogP contribution in [-0.2, 0) is 9.53 Å². The number of unbranched alkanes of at least 4 members (excludes halogenated alkanes) is 1. The molecule has 0 atom stereocenters. The molecule has 0 aromatic heterocycles. The average Bonchev–Trinajstić information content (AvgIpc) is 2.57. The molecule has 0 saturated heterocycles. The number of ether oxygens (including phenoxy) is 1. The van der Waals surface area contributed by atoms with Gasteiger partial charge in [-0.1, -0.05) is 6.08 Å². The molecular formula is C11H18O2. The summed E-state index contributed by atoms with van der Waals surface area (Å²) in [5.41, 5.74) is 0. The van der Waals surface area contributed by atoms with Crippen LogP contribution >= 0.6 is 0 Å². The van der Waals surface area contributed by atoms with Crippen molar-refractivity contribution in [2.45, 2.75) is 51.0 Å². The minimum atomic E-state index is -0.0336. The summed E-state index contributed by atoms with van der Waals surface area (Å²) in [5, 5.41) is 0. The molecule has 0 aliphatic heterocycles. The zero-order valence-corrected chi connectivity index (χ0v) is 8.13. The molecule has 0 aromatic carbocycles. The molecule has 0 unspecified atom stereocenters. The van der Waals surface area contributed by atoms with Crippen molar-refractivity contribution >= 4 is 5.97 Å².